The van der Waals surface area contributed by atoms with Crippen molar-refractivity contribution < 1.29 is 4.42 Å². The van der Waals surface area contributed by atoms with Crippen molar-refractivity contribution in [2.75, 3.05) is 11.4 Å². The Bertz CT molecular complexity index is 881. The highest BCUT2D eigenvalue weighted by atomic mass is 16.4. The number of nitrogens with zero attached hydrogens (tertiary/aromatic N) is 1. The number of rotatable bonds is 4. The van der Waals surface area contributed by atoms with Gasteiger partial charge in [-0.15, -0.1) is 0 Å². The average Bonchev–Trinajstić information content (AvgIpc) is 2.55. The lowest BCUT2D eigenvalue weighted by molar-refractivity contribution is 0.558. The van der Waals surface area contributed by atoms with Crippen molar-refractivity contribution >= 4 is 16.7 Å². The van der Waals surface area contributed by atoms with E-state index < -0.39 is 0 Å². The normalized spacial score (nSPS) is 10.9. The van der Waals surface area contributed by atoms with E-state index >= 15 is 0 Å². The molecular formula is C20H21NO2. The molecular weight excluding hydrogens is 286 g/mol. The fourth-order valence-electron chi connectivity index (χ4n) is 2.84. The number of anilines is 1. The first kappa shape index (κ1) is 15.3. The predicted molar refractivity (Wildman–Crippen MR) is 95.1 cm³/mol. The minimum absolute atomic E-state index is 0.292. The molecule has 0 aliphatic carbocycles. The summed E-state index contributed by atoms with van der Waals surface area (Å²) in [6, 6.07) is 15.9. The molecule has 3 heteroatoms. The van der Waals surface area contributed by atoms with Gasteiger partial charge in [-0.2, -0.15) is 0 Å². The van der Waals surface area contributed by atoms with Crippen molar-refractivity contribution in [2.24, 2.45) is 0 Å². The van der Waals surface area contributed by atoms with Gasteiger partial charge < -0.3 is 9.32 Å². The van der Waals surface area contributed by atoms with Gasteiger partial charge in [0.05, 0.1) is 0 Å². The van der Waals surface area contributed by atoms with Gasteiger partial charge in [-0.3, -0.25) is 0 Å². The monoisotopic (exact) mass is 307 g/mol. The van der Waals surface area contributed by atoms with Crippen LogP contribution in [-0.4, -0.2) is 6.54 Å². The molecule has 1 aromatic heterocycles. The summed E-state index contributed by atoms with van der Waals surface area (Å²) in [6.45, 7) is 7.79. The van der Waals surface area contributed by atoms with Crippen LogP contribution in [0.5, 0.6) is 0 Å². The second kappa shape index (κ2) is 6.29. The van der Waals surface area contributed by atoms with Gasteiger partial charge in [-0.1, -0.05) is 18.2 Å². The maximum atomic E-state index is 11.9. The number of benzene rings is 2. The largest absolute Gasteiger partial charge is 0.423 e. The fraction of sp³-hybridized carbons (Fsp3) is 0.250. The molecule has 0 atom stereocenters. The number of para-hydroxylation sites is 1. The minimum atomic E-state index is -0.292. The number of hydrogen-bond acceptors (Lipinski definition) is 3. The molecule has 0 aliphatic rings. The molecule has 23 heavy (non-hydrogen) atoms. The zero-order valence-electron chi connectivity index (χ0n) is 13.8. The van der Waals surface area contributed by atoms with Gasteiger partial charge in [0.2, 0.25) is 0 Å². The Balaban J connectivity index is 2.08. The molecule has 0 saturated heterocycles. The Morgan fingerprint density at radius 3 is 2.39 bits per heavy atom. The summed E-state index contributed by atoms with van der Waals surface area (Å²) in [4.78, 5) is 14.2. The summed E-state index contributed by atoms with van der Waals surface area (Å²) in [6.07, 6.45) is 0. The Kier molecular flexibility index (Phi) is 4.20. The van der Waals surface area contributed by atoms with Crippen LogP contribution in [0.1, 0.15) is 23.6 Å². The highest BCUT2D eigenvalue weighted by Gasteiger charge is 2.11. The van der Waals surface area contributed by atoms with Crippen LogP contribution in [0.2, 0.25) is 0 Å². The molecule has 118 valence electrons. The summed E-state index contributed by atoms with van der Waals surface area (Å²) in [5.74, 6) is 0. The van der Waals surface area contributed by atoms with Crippen molar-refractivity contribution in [2.45, 2.75) is 27.3 Å². The van der Waals surface area contributed by atoms with Crippen molar-refractivity contribution in [1.29, 1.82) is 0 Å². The molecule has 3 aromatic rings. The van der Waals surface area contributed by atoms with Crippen molar-refractivity contribution in [3.05, 3.63) is 75.6 Å². The molecule has 0 fully saturated rings. The molecule has 0 N–H and O–H groups in total. The lowest BCUT2D eigenvalue weighted by Crippen LogP contribution is -2.22. The Morgan fingerprint density at radius 2 is 1.70 bits per heavy atom. The van der Waals surface area contributed by atoms with Gasteiger partial charge in [0.15, 0.2) is 0 Å². The smallest absolute Gasteiger partial charge is 0.336 e. The van der Waals surface area contributed by atoms with Gasteiger partial charge >= 0.3 is 5.63 Å². The first-order valence-electron chi connectivity index (χ1n) is 7.92. The SMILES string of the molecule is CCN(Cc1cc(=O)oc2cc(C)c(C)cc12)c1ccccc1. The van der Waals surface area contributed by atoms with Crippen LogP contribution in [0.3, 0.4) is 0 Å². The van der Waals surface area contributed by atoms with Gasteiger partial charge in [0, 0.05) is 30.2 Å². The van der Waals surface area contributed by atoms with Crippen LogP contribution in [-0.2, 0) is 6.54 Å². The van der Waals surface area contributed by atoms with Crippen molar-refractivity contribution in [1.82, 2.24) is 0 Å². The van der Waals surface area contributed by atoms with E-state index in [-0.39, 0.29) is 5.63 Å². The van der Waals surface area contributed by atoms with Crippen LogP contribution in [0.15, 0.2) is 57.7 Å². The summed E-state index contributed by atoms with van der Waals surface area (Å²) in [5.41, 5.74) is 4.87. The maximum absolute atomic E-state index is 11.9. The topological polar surface area (TPSA) is 33.5 Å². The van der Waals surface area contributed by atoms with E-state index in [2.05, 4.69) is 36.9 Å². The first-order chi connectivity index (χ1) is 11.1. The number of aryl methyl sites for hydroxylation is 2. The van der Waals surface area contributed by atoms with E-state index in [1.54, 1.807) is 6.07 Å². The first-order valence-corrected chi connectivity index (χ1v) is 7.92. The van der Waals surface area contributed by atoms with Crippen LogP contribution in [0, 0.1) is 13.8 Å². The molecule has 0 amide bonds. The zero-order valence-corrected chi connectivity index (χ0v) is 13.8. The van der Waals surface area contributed by atoms with Crippen molar-refractivity contribution in [3.63, 3.8) is 0 Å². The summed E-state index contributed by atoms with van der Waals surface area (Å²) >= 11 is 0. The highest BCUT2D eigenvalue weighted by molar-refractivity contribution is 5.82. The van der Waals surface area contributed by atoms with Crippen LogP contribution >= 0.6 is 0 Å². The molecule has 0 radical (unpaired) electrons. The molecule has 1 heterocycles. The fourth-order valence-corrected chi connectivity index (χ4v) is 2.84. The van der Waals surface area contributed by atoms with Gasteiger partial charge in [-0.25, -0.2) is 4.79 Å². The zero-order chi connectivity index (χ0) is 16.4. The van der Waals surface area contributed by atoms with E-state index in [1.165, 1.54) is 5.56 Å². The molecule has 3 nitrogen and oxygen atoms in total. The highest BCUT2D eigenvalue weighted by Crippen LogP contribution is 2.24. The molecule has 0 saturated carbocycles. The third-order valence-electron chi connectivity index (χ3n) is 4.31. The molecule has 3 rings (SSSR count). The van der Waals surface area contributed by atoms with E-state index in [0.29, 0.717) is 12.1 Å². The van der Waals surface area contributed by atoms with Crippen LogP contribution < -0.4 is 10.5 Å². The molecule has 0 aliphatic heterocycles. The number of fused-ring (bicyclic) bond motifs is 1. The third-order valence-corrected chi connectivity index (χ3v) is 4.31. The summed E-state index contributed by atoms with van der Waals surface area (Å²) < 4.78 is 5.38. The van der Waals surface area contributed by atoms with E-state index in [0.717, 1.165) is 28.7 Å². The predicted octanol–water partition coefficient (Wildman–Crippen LogP) is 4.44. The molecule has 0 unspecified atom stereocenters. The van der Waals surface area contributed by atoms with Gasteiger partial charge in [0.1, 0.15) is 5.58 Å². The standard InChI is InChI=1S/C20H21NO2/c1-4-21(17-8-6-5-7-9-17)13-16-12-20(22)23-19-11-15(3)14(2)10-18(16)19/h5-12H,4,13H2,1-3H3. The van der Waals surface area contributed by atoms with Crippen LogP contribution in [0.4, 0.5) is 5.69 Å². The Labute approximate surface area is 136 Å². The third kappa shape index (κ3) is 3.14. The quantitative estimate of drug-likeness (QED) is 0.668. The maximum Gasteiger partial charge on any atom is 0.336 e. The number of hydrogen-bond donors (Lipinski definition) is 0. The average molecular weight is 307 g/mol. The molecule has 0 spiro atoms. The van der Waals surface area contributed by atoms with E-state index in [1.807, 2.05) is 31.2 Å². The lowest BCUT2D eigenvalue weighted by atomic mass is 10.0. The Morgan fingerprint density at radius 1 is 1.00 bits per heavy atom. The van der Waals surface area contributed by atoms with Crippen LogP contribution in [0.25, 0.3) is 11.0 Å². The minimum Gasteiger partial charge on any atom is -0.423 e. The summed E-state index contributed by atoms with van der Waals surface area (Å²) in [5, 5.41) is 1.02. The Hall–Kier alpha value is -2.55. The van der Waals surface area contributed by atoms with E-state index in [4.69, 9.17) is 4.42 Å². The lowest BCUT2D eigenvalue weighted by Gasteiger charge is -2.23. The van der Waals surface area contributed by atoms with Crippen molar-refractivity contribution in [3.8, 4) is 0 Å². The molecule has 0 bridgehead atoms. The molecule has 2 aromatic carbocycles. The summed E-state index contributed by atoms with van der Waals surface area (Å²) in [7, 11) is 0. The van der Waals surface area contributed by atoms with E-state index in [9.17, 15) is 4.79 Å². The second-order valence-corrected chi connectivity index (χ2v) is 5.87. The van der Waals surface area contributed by atoms with Gasteiger partial charge in [-0.05, 0) is 61.7 Å². The van der Waals surface area contributed by atoms with Gasteiger partial charge in [0.25, 0.3) is 0 Å². The second-order valence-electron chi connectivity index (χ2n) is 5.87.